The van der Waals surface area contributed by atoms with Gasteiger partial charge in [-0.25, -0.2) is 9.78 Å². The molecule has 4 rings (SSSR count). The number of fused-ring (bicyclic) bond motifs is 1. The molecule has 9 heteroatoms. The van der Waals surface area contributed by atoms with Crippen LogP contribution < -0.4 is 16.1 Å². The van der Waals surface area contributed by atoms with Crippen molar-refractivity contribution in [2.45, 2.75) is 32.2 Å². The van der Waals surface area contributed by atoms with E-state index >= 15 is 0 Å². The highest BCUT2D eigenvalue weighted by Gasteiger charge is 2.18. The minimum absolute atomic E-state index is 0.281. The molecule has 0 saturated carbocycles. The Hall–Kier alpha value is -2.58. The summed E-state index contributed by atoms with van der Waals surface area (Å²) in [5, 5.41) is 0.826. The number of piperazine rings is 1. The zero-order valence-electron chi connectivity index (χ0n) is 18.8. The molecule has 1 aromatic carbocycles. The minimum atomic E-state index is -0.347. The highest BCUT2D eigenvalue weighted by molar-refractivity contribution is 6.33. The molecule has 0 aliphatic carbocycles. The van der Waals surface area contributed by atoms with E-state index in [0.29, 0.717) is 11.2 Å². The Balaban J connectivity index is 1.19. The normalized spacial score (nSPS) is 15.0. The van der Waals surface area contributed by atoms with Crippen molar-refractivity contribution >= 4 is 28.5 Å². The second-order valence-corrected chi connectivity index (χ2v) is 8.92. The van der Waals surface area contributed by atoms with Gasteiger partial charge in [0.2, 0.25) is 0 Å². The number of nitrogens with zero attached hydrogens (tertiary/aromatic N) is 6. The maximum Gasteiger partial charge on any atom is 0.332 e. The maximum absolute atomic E-state index is 12.5. The van der Waals surface area contributed by atoms with Gasteiger partial charge in [0.25, 0.3) is 5.56 Å². The predicted molar refractivity (Wildman–Crippen MR) is 129 cm³/mol. The van der Waals surface area contributed by atoms with Gasteiger partial charge in [0.05, 0.1) is 17.0 Å². The first-order valence-corrected chi connectivity index (χ1v) is 11.7. The topological polar surface area (TPSA) is 68.3 Å². The first-order chi connectivity index (χ1) is 15.5. The standard InChI is InChI=1S/C23H31ClN6O2/c1-26-21-20(22(31)27(2)23(26)32)30(17-25-21)12-8-4-3-7-11-28-13-15-29(16-14-28)19-10-6-5-9-18(19)24/h5-6,9-10,17H,3-4,7-8,11-16H2,1-2H3. The van der Waals surface area contributed by atoms with Gasteiger partial charge in [-0.3, -0.25) is 18.8 Å². The molecule has 1 aliphatic heterocycles. The molecule has 3 aromatic rings. The lowest BCUT2D eigenvalue weighted by molar-refractivity contribution is 0.252. The van der Waals surface area contributed by atoms with Crippen LogP contribution in [0.4, 0.5) is 5.69 Å². The van der Waals surface area contributed by atoms with Crippen LogP contribution in [0.5, 0.6) is 0 Å². The fourth-order valence-electron chi connectivity index (χ4n) is 4.46. The monoisotopic (exact) mass is 458 g/mol. The molecule has 8 nitrogen and oxygen atoms in total. The summed E-state index contributed by atoms with van der Waals surface area (Å²) in [4.78, 5) is 33.7. The van der Waals surface area contributed by atoms with Gasteiger partial charge < -0.3 is 9.47 Å². The van der Waals surface area contributed by atoms with Crippen LogP contribution in [-0.2, 0) is 20.6 Å². The molecule has 0 amide bonds. The summed E-state index contributed by atoms with van der Waals surface area (Å²) in [6, 6.07) is 8.06. The Bertz CT molecular complexity index is 1190. The molecule has 0 spiro atoms. The van der Waals surface area contributed by atoms with E-state index in [1.54, 1.807) is 13.4 Å². The first-order valence-electron chi connectivity index (χ1n) is 11.3. The number of aromatic nitrogens is 4. The largest absolute Gasteiger partial charge is 0.368 e. The second kappa shape index (κ2) is 9.92. The van der Waals surface area contributed by atoms with Gasteiger partial charge in [-0.05, 0) is 31.5 Å². The summed E-state index contributed by atoms with van der Waals surface area (Å²) in [6.07, 6.45) is 6.09. The van der Waals surface area contributed by atoms with Gasteiger partial charge in [0.1, 0.15) is 0 Å². The van der Waals surface area contributed by atoms with Gasteiger partial charge >= 0.3 is 5.69 Å². The number of unbranched alkanes of at least 4 members (excludes halogenated alkanes) is 3. The predicted octanol–water partition coefficient (Wildman–Crippen LogP) is 2.47. The van der Waals surface area contributed by atoms with Crippen molar-refractivity contribution in [2.75, 3.05) is 37.6 Å². The van der Waals surface area contributed by atoms with E-state index in [1.165, 1.54) is 18.0 Å². The minimum Gasteiger partial charge on any atom is -0.368 e. The smallest absolute Gasteiger partial charge is 0.332 e. The molecule has 0 unspecified atom stereocenters. The van der Waals surface area contributed by atoms with Crippen molar-refractivity contribution in [3.05, 3.63) is 56.5 Å². The summed E-state index contributed by atoms with van der Waals surface area (Å²) < 4.78 is 4.45. The van der Waals surface area contributed by atoms with Crippen LogP contribution in [0.2, 0.25) is 5.02 Å². The van der Waals surface area contributed by atoms with Gasteiger partial charge in [-0.2, -0.15) is 0 Å². The van der Waals surface area contributed by atoms with Crippen LogP contribution in [0.25, 0.3) is 11.2 Å². The number of anilines is 1. The van der Waals surface area contributed by atoms with Crippen LogP contribution in [0.1, 0.15) is 25.7 Å². The Morgan fingerprint density at radius 2 is 1.59 bits per heavy atom. The molecule has 0 N–H and O–H groups in total. The zero-order valence-corrected chi connectivity index (χ0v) is 19.6. The third kappa shape index (κ3) is 4.61. The number of hydrogen-bond acceptors (Lipinski definition) is 5. The number of para-hydroxylation sites is 1. The molecular formula is C23H31ClN6O2. The van der Waals surface area contributed by atoms with E-state index < -0.39 is 0 Å². The summed E-state index contributed by atoms with van der Waals surface area (Å²) in [5.41, 5.74) is 1.47. The molecule has 0 atom stereocenters. The average molecular weight is 459 g/mol. The highest BCUT2D eigenvalue weighted by atomic mass is 35.5. The molecular weight excluding hydrogens is 428 g/mol. The van der Waals surface area contributed by atoms with E-state index in [-0.39, 0.29) is 11.2 Å². The number of halogens is 1. The van der Waals surface area contributed by atoms with Gasteiger partial charge in [-0.1, -0.05) is 36.6 Å². The Morgan fingerprint density at radius 3 is 2.31 bits per heavy atom. The first kappa shape index (κ1) is 22.6. The van der Waals surface area contributed by atoms with Gasteiger partial charge in [0.15, 0.2) is 11.2 Å². The number of imidazole rings is 1. The quantitative estimate of drug-likeness (QED) is 0.485. The van der Waals surface area contributed by atoms with Crippen LogP contribution in [0, 0.1) is 0 Å². The van der Waals surface area contributed by atoms with Gasteiger partial charge in [-0.15, -0.1) is 0 Å². The van der Waals surface area contributed by atoms with Crippen LogP contribution in [-0.4, -0.2) is 56.3 Å². The van der Waals surface area contributed by atoms with Gasteiger partial charge in [0, 0.05) is 46.8 Å². The van der Waals surface area contributed by atoms with Crippen molar-refractivity contribution in [2.24, 2.45) is 14.1 Å². The second-order valence-electron chi connectivity index (χ2n) is 8.51. The van der Waals surface area contributed by atoms with Crippen molar-refractivity contribution in [1.82, 2.24) is 23.6 Å². The summed E-state index contributed by atoms with van der Waals surface area (Å²) in [7, 11) is 3.16. The highest BCUT2D eigenvalue weighted by Crippen LogP contribution is 2.26. The molecule has 0 radical (unpaired) electrons. The van der Waals surface area contributed by atoms with E-state index in [1.807, 2.05) is 22.8 Å². The van der Waals surface area contributed by atoms with Crippen LogP contribution in [0.3, 0.4) is 0 Å². The third-order valence-corrected chi connectivity index (χ3v) is 6.73. The van der Waals surface area contributed by atoms with E-state index in [9.17, 15) is 9.59 Å². The summed E-state index contributed by atoms with van der Waals surface area (Å²) in [6.45, 7) is 6.00. The number of rotatable bonds is 8. The van der Waals surface area contributed by atoms with E-state index in [0.717, 1.165) is 73.8 Å². The number of aryl methyl sites for hydroxylation is 2. The lowest BCUT2D eigenvalue weighted by atomic mass is 10.1. The van der Waals surface area contributed by atoms with Crippen LogP contribution >= 0.6 is 11.6 Å². The Morgan fingerprint density at radius 1 is 0.906 bits per heavy atom. The molecule has 1 saturated heterocycles. The van der Waals surface area contributed by atoms with Crippen LogP contribution in [0.15, 0.2) is 40.2 Å². The third-order valence-electron chi connectivity index (χ3n) is 6.41. The molecule has 1 fully saturated rings. The van der Waals surface area contributed by atoms with Crippen molar-refractivity contribution < 1.29 is 0 Å². The molecule has 3 heterocycles. The lowest BCUT2D eigenvalue weighted by Crippen LogP contribution is -2.46. The molecule has 32 heavy (non-hydrogen) atoms. The van der Waals surface area contributed by atoms with E-state index in [2.05, 4.69) is 20.9 Å². The van der Waals surface area contributed by atoms with Crippen molar-refractivity contribution in [3.8, 4) is 0 Å². The Labute approximate surface area is 192 Å². The van der Waals surface area contributed by atoms with Crippen molar-refractivity contribution in [3.63, 3.8) is 0 Å². The fourth-order valence-corrected chi connectivity index (χ4v) is 4.71. The SMILES string of the molecule is Cn1c(=O)c2c(ncn2CCCCCCN2CCN(c3ccccc3Cl)CC2)n(C)c1=O. The van der Waals surface area contributed by atoms with E-state index in [4.69, 9.17) is 11.6 Å². The van der Waals surface area contributed by atoms with Crippen molar-refractivity contribution in [1.29, 1.82) is 0 Å². The summed E-state index contributed by atoms with van der Waals surface area (Å²) >= 11 is 6.33. The number of hydrogen-bond donors (Lipinski definition) is 0. The molecule has 172 valence electrons. The zero-order chi connectivity index (χ0) is 22.7. The average Bonchev–Trinajstić information content (AvgIpc) is 3.23. The lowest BCUT2D eigenvalue weighted by Gasteiger charge is -2.36. The summed E-state index contributed by atoms with van der Waals surface area (Å²) in [5.74, 6) is 0. The molecule has 1 aliphatic rings. The fraction of sp³-hybridized carbons (Fsp3) is 0.522. The Kier molecular flexibility index (Phi) is 7.01. The maximum atomic E-state index is 12.5. The number of benzene rings is 1. The molecule has 0 bridgehead atoms. The molecule has 2 aromatic heterocycles.